The largest absolute Gasteiger partial charge is 0.378 e. The van der Waals surface area contributed by atoms with Gasteiger partial charge in [0.25, 0.3) is 0 Å². The van der Waals surface area contributed by atoms with Crippen molar-refractivity contribution >= 4 is 5.69 Å². The first-order chi connectivity index (χ1) is 7.74. The van der Waals surface area contributed by atoms with Crippen LogP contribution in [0.15, 0.2) is 36.4 Å². The maximum absolute atomic E-state index is 3.42. The van der Waals surface area contributed by atoms with E-state index in [9.17, 15) is 0 Å². The lowest BCUT2D eigenvalue weighted by atomic mass is 10.2. The number of hydrogen-bond donors (Lipinski definition) is 1. The molecule has 0 saturated heterocycles. The third-order valence-electron chi connectivity index (χ3n) is 2.51. The van der Waals surface area contributed by atoms with Crippen LogP contribution < -0.4 is 10.2 Å². The highest BCUT2D eigenvalue weighted by molar-refractivity contribution is 5.45. The molecule has 0 saturated carbocycles. The standard InChI is InChI=1S/C14H22N2/c1-4-5-6-11-15-12-13-7-9-14(10-8-13)16(2)3/h4-5,7-10,15H,6,11-12H2,1-3H3/b5-4+. The van der Waals surface area contributed by atoms with E-state index >= 15 is 0 Å². The lowest BCUT2D eigenvalue weighted by Gasteiger charge is -2.12. The van der Waals surface area contributed by atoms with E-state index in [2.05, 4.69) is 67.7 Å². The fourth-order valence-corrected chi connectivity index (χ4v) is 1.50. The van der Waals surface area contributed by atoms with Crippen molar-refractivity contribution in [2.45, 2.75) is 19.9 Å². The van der Waals surface area contributed by atoms with Gasteiger partial charge in [-0.05, 0) is 37.6 Å². The number of nitrogens with one attached hydrogen (secondary N) is 1. The molecular weight excluding hydrogens is 196 g/mol. The zero-order valence-corrected chi connectivity index (χ0v) is 10.5. The van der Waals surface area contributed by atoms with E-state index in [-0.39, 0.29) is 0 Å². The van der Waals surface area contributed by atoms with Gasteiger partial charge in [0.2, 0.25) is 0 Å². The molecule has 0 unspecified atom stereocenters. The minimum atomic E-state index is 0.950. The summed E-state index contributed by atoms with van der Waals surface area (Å²) in [6, 6.07) is 8.67. The van der Waals surface area contributed by atoms with Crippen LogP contribution in [0.1, 0.15) is 18.9 Å². The van der Waals surface area contributed by atoms with Crippen LogP contribution in [0.5, 0.6) is 0 Å². The van der Waals surface area contributed by atoms with E-state index in [1.54, 1.807) is 0 Å². The Morgan fingerprint density at radius 3 is 2.44 bits per heavy atom. The number of rotatable bonds is 6. The van der Waals surface area contributed by atoms with E-state index in [1.807, 2.05) is 0 Å². The molecule has 0 bridgehead atoms. The van der Waals surface area contributed by atoms with Crippen molar-refractivity contribution in [3.63, 3.8) is 0 Å². The molecule has 1 aromatic rings. The second kappa shape index (κ2) is 7.07. The van der Waals surface area contributed by atoms with Crippen LogP contribution in [0.25, 0.3) is 0 Å². The van der Waals surface area contributed by atoms with E-state index in [4.69, 9.17) is 0 Å². The third-order valence-corrected chi connectivity index (χ3v) is 2.51. The summed E-state index contributed by atoms with van der Waals surface area (Å²) in [4.78, 5) is 2.11. The summed E-state index contributed by atoms with van der Waals surface area (Å²) in [6.07, 6.45) is 5.38. The van der Waals surface area contributed by atoms with Crippen LogP contribution in [-0.2, 0) is 6.54 Å². The molecule has 0 amide bonds. The van der Waals surface area contributed by atoms with Crippen molar-refractivity contribution in [2.24, 2.45) is 0 Å². The van der Waals surface area contributed by atoms with Gasteiger partial charge >= 0.3 is 0 Å². The Morgan fingerprint density at radius 2 is 1.88 bits per heavy atom. The van der Waals surface area contributed by atoms with Gasteiger partial charge in [-0.3, -0.25) is 0 Å². The number of anilines is 1. The van der Waals surface area contributed by atoms with E-state index in [0.29, 0.717) is 0 Å². The summed E-state index contributed by atoms with van der Waals surface area (Å²) in [6.45, 7) is 4.05. The van der Waals surface area contributed by atoms with Crippen molar-refractivity contribution in [1.29, 1.82) is 0 Å². The Labute approximate surface area is 99.0 Å². The molecule has 88 valence electrons. The van der Waals surface area contributed by atoms with Crippen LogP contribution in [0.4, 0.5) is 5.69 Å². The van der Waals surface area contributed by atoms with Crippen LogP contribution in [0, 0.1) is 0 Å². The van der Waals surface area contributed by atoms with Gasteiger partial charge < -0.3 is 10.2 Å². The van der Waals surface area contributed by atoms with Crippen molar-refractivity contribution in [1.82, 2.24) is 5.32 Å². The monoisotopic (exact) mass is 218 g/mol. The first-order valence-corrected chi connectivity index (χ1v) is 5.82. The van der Waals surface area contributed by atoms with Gasteiger partial charge in [-0.1, -0.05) is 24.3 Å². The first kappa shape index (κ1) is 12.8. The maximum Gasteiger partial charge on any atom is 0.0361 e. The molecule has 2 nitrogen and oxygen atoms in total. The first-order valence-electron chi connectivity index (χ1n) is 5.82. The minimum Gasteiger partial charge on any atom is -0.378 e. The highest BCUT2D eigenvalue weighted by Crippen LogP contribution is 2.11. The van der Waals surface area contributed by atoms with E-state index in [0.717, 1.165) is 19.5 Å². The predicted molar refractivity (Wildman–Crippen MR) is 71.9 cm³/mol. The molecule has 0 aliphatic heterocycles. The van der Waals surface area contributed by atoms with Crippen LogP contribution in [0.3, 0.4) is 0 Å². The zero-order chi connectivity index (χ0) is 11.8. The van der Waals surface area contributed by atoms with Crippen LogP contribution in [-0.4, -0.2) is 20.6 Å². The molecule has 0 heterocycles. The van der Waals surface area contributed by atoms with Gasteiger partial charge in [-0.15, -0.1) is 0 Å². The Balaban J connectivity index is 2.32. The van der Waals surface area contributed by atoms with Crippen molar-refractivity contribution < 1.29 is 0 Å². The highest BCUT2D eigenvalue weighted by atomic mass is 15.1. The summed E-state index contributed by atoms with van der Waals surface area (Å²) < 4.78 is 0. The molecule has 1 N–H and O–H groups in total. The summed E-state index contributed by atoms with van der Waals surface area (Å²) in [5.74, 6) is 0. The summed E-state index contributed by atoms with van der Waals surface area (Å²) >= 11 is 0. The number of nitrogens with zero attached hydrogens (tertiary/aromatic N) is 1. The lowest BCUT2D eigenvalue weighted by molar-refractivity contribution is 0.695. The van der Waals surface area contributed by atoms with Gasteiger partial charge in [0.1, 0.15) is 0 Å². The molecule has 0 aliphatic rings. The number of allylic oxidation sites excluding steroid dienone is 1. The molecule has 2 heteroatoms. The summed E-state index contributed by atoms with van der Waals surface area (Å²) in [5.41, 5.74) is 2.59. The fraction of sp³-hybridized carbons (Fsp3) is 0.429. The van der Waals surface area contributed by atoms with E-state index < -0.39 is 0 Å². The van der Waals surface area contributed by atoms with Crippen LogP contribution in [0.2, 0.25) is 0 Å². The van der Waals surface area contributed by atoms with Crippen molar-refractivity contribution in [2.75, 3.05) is 25.5 Å². The summed E-state index contributed by atoms with van der Waals surface area (Å²) in [5, 5.41) is 3.42. The van der Waals surface area contributed by atoms with Gasteiger partial charge in [-0.2, -0.15) is 0 Å². The number of hydrogen-bond acceptors (Lipinski definition) is 2. The average molecular weight is 218 g/mol. The Hall–Kier alpha value is -1.28. The second-order valence-corrected chi connectivity index (χ2v) is 4.10. The summed E-state index contributed by atoms with van der Waals surface area (Å²) in [7, 11) is 4.12. The Morgan fingerprint density at radius 1 is 1.19 bits per heavy atom. The molecule has 1 rings (SSSR count). The van der Waals surface area contributed by atoms with Crippen molar-refractivity contribution in [3.05, 3.63) is 42.0 Å². The fourth-order valence-electron chi connectivity index (χ4n) is 1.50. The van der Waals surface area contributed by atoms with Gasteiger partial charge in [0.05, 0.1) is 0 Å². The Kier molecular flexibility index (Phi) is 5.65. The molecule has 0 radical (unpaired) electrons. The predicted octanol–water partition coefficient (Wildman–Crippen LogP) is 2.81. The molecule has 0 fully saturated rings. The highest BCUT2D eigenvalue weighted by Gasteiger charge is 1.95. The van der Waals surface area contributed by atoms with Gasteiger partial charge in [0, 0.05) is 26.3 Å². The maximum atomic E-state index is 3.42. The second-order valence-electron chi connectivity index (χ2n) is 4.10. The molecular formula is C14H22N2. The average Bonchev–Trinajstić information content (AvgIpc) is 2.29. The lowest BCUT2D eigenvalue weighted by Crippen LogP contribution is -2.14. The molecule has 0 spiro atoms. The third kappa shape index (κ3) is 4.49. The van der Waals surface area contributed by atoms with Gasteiger partial charge in [0.15, 0.2) is 0 Å². The Bertz CT molecular complexity index is 312. The molecule has 0 atom stereocenters. The topological polar surface area (TPSA) is 15.3 Å². The van der Waals surface area contributed by atoms with E-state index in [1.165, 1.54) is 11.3 Å². The van der Waals surface area contributed by atoms with Gasteiger partial charge in [-0.25, -0.2) is 0 Å². The van der Waals surface area contributed by atoms with Crippen molar-refractivity contribution in [3.8, 4) is 0 Å². The molecule has 16 heavy (non-hydrogen) atoms. The molecule has 1 aromatic carbocycles. The minimum absolute atomic E-state index is 0.950. The molecule has 0 aromatic heterocycles. The molecule has 0 aliphatic carbocycles. The zero-order valence-electron chi connectivity index (χ0n) is 10.5. The van der Waals surface area contributed by atoms with Crippen LogP contribution >= 0.6 is 0 Å². The quantitative estimate of drug-likeness (QED) is 0.583. The SMILES string of the molecule is C/C=C/CCNCc1ccc(N(C)C)cc1. The number of benzene rings is 1. The smallest absolute Gasteiger partial charge is 0.0361 e. The normalized spacial score (nSPS) is 10.9.